The maximum Gasteiger partial charge on any atom is 0.240 e. The van der Waals surface area contributed by atoms with Crippen LogP contribution in [0.2, 0.25) is 0 Å². The molecule has 3 fully saturated rings. The first kappa shape index (κ1) is 12.9. The van der Waals surface area contributed by atoms with Crippen LogP contribution in [0, 0.1) is 5.92 Å². The third-order valence-electron chi connectivity index (χ3n) is 4.19. The number of hydrogen-bond acceptors (Lipinski definition) is 4. The van der Waals surface area contributed by atoms with E-state index in [4.69, 9.17) is 5.14 Å². The van der Waals surface area contributed by atoms with Gasteiger partial charge in [-0.25, -0.2) is 13.6 Å². The molecule has 3 N–H and O–H groups in total. The van der Waals surface area contributed by atoms with Crippen molar-refractivity contribution in [2.45, 2.75) is 23.8 Å². The van der Waals surface area contributed by atoms with E-state index in [9.17, 15) is 8.42 Å². The third kappa shape index (κ3) is 2.61. The number of nitrogens with one attached hydrogen (secondary N) is 1. The van der Waals surface area contributed by atoms with E-state index in [0.29, 0.717) is 17.6 Å². The van der Waals surface area contributed by atoms with E-state index in [0.717, 1.165) is 6.54 Å². The third-order valence-corrected chi connectivity index (χ3v) is 5.16. The van der Waals surface area contributed by atoms with Crippen LogP contribution in [0.5, 0.6) is 0 Å². The van der Waals surface area contributed by atoms with Gasteiger partial charge in [0.2, 0.25) is 10.0 Å². The Labute approximate surface area is 113 Å². The van der Waals surface area contributed by atoms with Crippen molar-refractivity contribution in [2.75, 3.05) is 25.0 Å². The van der Waals surface area contributed by atoms with Gasteiger partial charge in [-0.1, -0.05) is 12.1 Å². The highest BCUT2D eigenvalue weighted by atomic mass is 32.2. The number of sulfonamides is 1. The topological polar surface area (TPSA) is 75.4 Å². The summed E-state index contributed by atoms with van der Waals surface area (Å²) >= 11 is 0. The lowest BCUT2D eigenvalue weighted by atomic mass is 9.84. The van der Waals surface area contributed by atoms with Gasteiger partial charge in [0.05, 0.1) is 5.69 Å². The van der Waals surface area contributed by atoms with Gasteiger partial charge in [-0.3, -0.25) is 0 Å². The SMILES string of the molecule is NS(=O)(=O)c1ccccc1N[C@@H]1CN2CCC1CC2. The van der Waals surface area contributed by atoms with E-state index >= 15 is 0 Å². The van der Waals surface area contributed by atoms with Crippen LogP contribution in [0.3, 0.4) is 0 Å². The molecule has 4 rings (SSSR count). The fraction of sp³-hybridized carbons (Fsp3) is 0.538. The van der Waals surface area contributed by atoms with Crippen LogP contribution in [0.15, 0.2) is 29.2 Å². The number of fused-ring (bicyclic) bond motifs is 3. The van der Waals surface area contributed by atoms with Gasteiger partial charge in [0.1, 0.15) is 4.90 Å². The number of benzene rings is 1. The first-order chi connectivity index (χ1) is 9.04. The number of anilines is 1. The monoisotopic (exact) mass is 281 g/mol. The predicted molar refractivity (Wildman–Crippen MR) is 74.4 cm³/mol. The molecule has 5 nitrogen and oxygen atoms in total. The minimum atomic E-state index is -3.67. The van der Waals surface area contributed by atoms with E-state index in [1.165, 1.54) is 25.9 Å². The van der Waals surface area contributed by atoms with Gasteiger partial charge in [-0.2, -0.15) is 0 Å². The Kier molecular flexibility index (Phi) is 3.24. The predicted octanol–water partition coefficient (Wildman–Crippen LogP) is 0.840. The minimum Gasteiger partial charge on any atom is -0.380 e. The van der Waals surface area contributed by atoms with Crippen LogP contribution in [0.1, 0.15) is 12.8 Å². The molecule has 1 atom stereocenters. The average molecular weight is 281 g/mol. The molecule has 0 spiro atoms. The zero-order valence-corrected chi connectivity index (χ0v) is 11.6. The fourth-order valence-electron chi connectivity index (χ4n) is 3.16. The standard InChI is InChI=1S/C13H19N3O2S/c14-19(17,18)13-4-2-1-3-11(13)15-12-9-16-7-5-10(12)6-8-16/h1-4,10,12,15H,5-9H2,(H2,14,17,18)/t12-/m1/s1. The van der Waals surface area contributed by atoms with Crippen LogP contribution in [-0.2, 0) is 10.0 Å². The molecule has 0 radical (unpaired) electrons. The van der Waals surface area contributed by atoms with E-state index in [-0.39, 0.29) is 4.90 Å². The zero-order chi connectivity index (χ0) is 13.5. The van der Waals surface area contributed by atoms with E-state index in [1.807, 2.05) is 6.07 Å². The normalized spacial score (nSPS) is 30.3. The van der Waals surface area contributed by atoms with Crippen LogP contribution in [0.25, 0.3) is 0 Å². The van der Waals surface area contributed by atoms with E-state index < -0.39 is 10.0 Å². The van der Waals surface area contributed by atoms with Crippen molar-refractivity contribution in [2.24, 2.45) is 11.1 Å². The van der Waals surface area contributed by atoms with Crippen LogP contribution >= 0.6 is 0 Å². The molecule has 104 valence electrons. The highest BCUT2D eigenvalue weighted by Gasteiger charge is 2.34. The second-order valence-electron chi connectivity index (χ2n) is 5.43. The molecular weight excluding hydrogens is 262 g/mol. The Morgan fingerprint density at radius 2 is 1.89 bits per heavy atom. The first-order valence-corrected chi connectivity index (χ1v) is 8.19. The summed E-state index contributed by atoms with van der Waals surface area (Å²) in [6.07, 6.45) is 2.38. The molecule has 2 bridgehead atoms. The number of primary sulfonamides is 1. The molecule has 3 saturated heterocycles. The Morgan fingerprint density at radius 3 is 2.47 bits per heavy atom. The lowest BCUT2D eigenvalue weighted by molar-refractivity contribution is 0.0974. The largest absolute Gasteiger partial charge is 0.380 e. The Bertz CT molecular complexity index is 565. The summed E-state index contributed by atoms with van der Waals surface area (Å²) < 4.78 is 23.2. The number of nitrogens with two attached hydrogens (primary N) is 1. The van der Waals surface area contributed by atoms with Crippen LogP contribution in [-0.4, -0.2) is 39.0 Å². The molecule has 0 amide bonds. The summed E-state index contributed by atoms with van der Waals surface area (Å²) in [4.78, 5) is 2.61. The molecule has 1 aromatic carbocycles. The fourth-order valence-corrected chi connectivity index (χ4v) is 3.86. The number of rotatable bonds is 3. The lowest BCUT2D eigenvalue weighted by Crippen LogP contribution is -2.53. The van der Waals surface area contributed by atoms with Crippen molar-refractivity contribution in [1.29, 1.82) is 0 Å². The van der Waals surface area contributed by atoms with Gasteiger partial charge in [-0.05, 0) is 44.0 Å². The summed E-state index contributed by atoms with van der Waals surface area (Å²) in [6, 6.07) is 7.20. The minimum absolute atomic E-state index is 0.187. The van der Waals surface area contributed by atoms with Gasteiger partial charge < -0.3 is 10.2 Å². The number of piperidine rings is 3. The van der Waals surface area contributed by atoms with Crippen molar-refractivity contribution in [3.05, 3.63) is 24.3 Å². The summed E-state index contributed by atoms with van der Waals surface area (Å²) in [7, 11) is -3.67. The van der Waals surface area contributed by atoms with Crippen molar-refractivity contribution < 1.29 is 8.42 Å². The molecule has 1 aromatic rings. The summed E-state index contributed by atoms with van der Waals surface area (Å²) in [5, 5.41) is 8.65. The molecule has 3 aliphatic rings. The zero-order valence-electron chi connectivity index (χ0n) is 10.7. The van der Waals surface area contributed by atoms with Crippen molar-refractivity contribution in [1.82, 2.24) is 4.90 Å². The Hall–Kier alpha value is -1.11. The Morgan fingerprint density at radius 1 is 1.21 bits per heavy atom. The maximum atomic E-state index is 11.6. The molecule has 0 aromatic heterocycles. The van der Waals surface area contributed by atoms with Gasteiger partial charge in [-0.15, -0.1) is 0 Å². The smallest absolute Gasteiger partial charge is 0.240 e. The molecule has 0 aliphatic carbocycles. The molecule has 3 heterocycles. The lowest BCUT2D eigenvalue weighted by Gasteiger charge is -2.45. The van der Waals surface area contributed by atoms with Crippen molar-refractivity contribution in [3.8, 4) is 0 Å². The van der Waals surface area contributed by atoms with Crippen molar-refractivity contribution in [3.63, 3.8) is 0 Å². The molecule has 0 saturated carbocycles. The second kappa shape index (κ2) is 4.77. The van der Waals surface area contributed by atoms with Crippen molar-refractivity contribution >= 4 is 15.7 Å². The molecular formula is C13H19N3O2S. The van der Waals surface area contributed by atoms with Gasteiger partial charge in [0, 0.05) is 12.6 Å². The van der Waals surface area contributed by atoms with Crippen LogP contribution in [0.4, 0.5) is 5.69 Å². The molecule has 0 unspecified atom stereocenters. The highest BCUT2D eigenvalue weighted by Crippen LogP contribution is 2.31. The molecule has 3 aliphatic heterocycles. The van der Waals surface area contributed by atoms with Gasteiger partial charge >= 0.3 is 0 Å². The van der Waals surface area contributed by atoms with E-state index in [2.05, 4.69) is 10.2 Å². The number of nitrogens with zero attached hydrogens (tertiary/aromatic N) is 1. The number of hydrogen-bond donors (Lipinski definition) is 2. The highest BCUT2D eigenvalue weighted by molar-refractivity contribution is 7.89. The Balaban J connectivity index is 1.84. The van der Waals surface area contributed by atoms with E-state index in [1.54, 1.807) is 18.2 Å². The van der Waals surface area contributed by atoms with Crippen LogP contribution < -0.4 is 10.5 Å². The average Bonchev–Trinajstić information content (AvgIpc) is 2.39. The summed E-state index contributed by atoms with van der Waals surface area (Å²) in [6.45, 7) is 3.32. The van der Waals surface area contributed by atoms with Gasteiger partial charge in [0.25, 0.3) is 0 Å². The second-order valence-corrected chi connectivity index (χ2v) is 6.96. The molecule has 19 heavy (non-hydrogen) atoms. The van der Waals surface area contributed by atoms with Gasteiger partial charge in [0.15, 0.2) is 0 Å². The number of para-hydroxylation sites is 1. The quantitative estimate of drug-likeness (QED) is 0.861. The summed E-state index contributed by atoms with van der Waals surface area (Å²) in [5.74, 6) is 0.638. The maximum absolute atomic E-state index is 11.6. The first-order valence-electron chi connectivity index (χ1n) is 6.65. The summed E-state index contributed by atoms with van der Waals surface area (Å²) in [5.41, 5.74) is 0.628. The molecule has 6 heteroatoms.